The van der Waals surface area contributed by atoms with Gasteiger partial charge in [-0.15, -0.1) is 0 Å². The number of nitrogens with two attached hydrogens (primary N) is 1. The summed E-state index contributed by atoms with van der Waals surface area (Å²) in [5, 5.41) is 0. The summed E-state index contributed by atoms with van der Waals surface area (Å²) in [5.41, 5.74) is 8.48. The van der Waals surface area contributed by atoms with Gasteiger partial charge in [0.15, 0.2) is 0 Å². The Kier molecular flexibility index (Phi) is 4.68. The van der Waals surface area contributed by atoms with Crippen LogP contribution in [0.3, 0.4) is 0 Å². The quantitative estimate of drug-likeness (QED) is 0.926. The molecule has 2 unspecified atom stereocenters. The number of halogens is 1. The Balaban J connectivity index is 2.25. The number of benzene rings is 1. The summed E-state index contributed by atoms with van der Waals surface area (Å²) in [7, 11) is 0. The number of piperidine rings is 1. The highest BCUT2D eigenvalue weighted by atomic mass is 79.9. The Morgan fingerprint density at radius 3 is 2.56 bits per heavy atom. The number of nitrogens with zero attached hydrogens (tertiary/aromatic N) is 1. The third-order valence-corrected chi connectivity index (χ3v) is 4.16. The Morgan fingerprint density at radius 2 is 1.94 bits per heavy atom. The second kappa shape index (κ2) is 6.07. The fraction of sp³-hybridized carbons (Fsp3) is 0.600. The summed E-state index contributed by atoms with van der Waals surface area (Å²) in [6.07, 6.45) is 2.30. The zero-order valence-electron chi connectivity index (χ0n) is 11.3. The number of anilines is 1. The molecule has 0 spiro atoms. The first-order valence-corrected chi connectivity index (χ1v) is 7.63. The van der Waals surface area contributed by atoms with Gasteiger partial charge in [0.05, 0.1) is 0 Å². The van der Waals surface area contributed by atoms with Crippen molar-refractivity contribution in [2.75, 3.05) is 24.5 Å². The van der Waals surface area contributed by atoms with Gasteiger partial charge < -0.3 is 10.6 Å². The maximum atomic E-state index is 5.73. The minimum Gasteiger partial charge on any atom is -0.371 e. The zero-order valence-corrected chi connectivity index (χ0v) is 12.9. The Hall–Kier alpha value is -0.540. The lowest BCUT2D eigenvalue weighted by atomic mass is 9.91. The molecule has 0 aromatic heterocycles. The van der Waals surface area contributed by atoms with E-state index in [1.807, 2.05) is 0 Å². The Morgan fingerprint density at radius 1 is 1.28 bits per heavy atom. The van der Waals surface area contributed by atoms with E-state index in [4.69, 9.17) is 5.73 Å². The van der Waals surface area contributed by atoms with E-state index in [0.29, 0.717) is 6.54 Å². The van der Waals surface area contributed by atoms with Crippen LogP contribution >= 0.6 is 15.9 Å². The van der Waals surface area contributed by atoms with Gasteiger partial charge in [-0.2, -0.15) is 0 Å². The average Bonchev–Trinajstić information content (AvgIpc) is 2.28. The van der Waals surface area contributed by atoms with E-state index in [-0.39, 0.29) is 0 Å². The van der Waals surface area contributed by atoms with Gasteiger partial charge in [0.25, 0.3) is 0 Å². The summed E-state index contributed by atoms with van der Waals surface area (Å²) in [6.45, 7) is 7.75. The molecule has 2 atom stereocenters. The van der Waals surface area contributed by atoms with Gasteiger partial charge in [-0.25, -0.2) is 0 Å². The molecule has 1 saturated heterocycles. The van der Waals surface area contributed by atoms with E-state index in [2.05, 4.69) is 52.9 Å². The molecule has 3 heteroatoms. The molecule has 2 nitrogen and oxygen atoms in total. The second-order valence-corrected chi connectivity index (χ2v) is 6.58. The van der Waals surface area contributed by atoms with Crippen molar-refractivity contribution >= 4 is 21.6 Å². The van der Waals surface area contributed by atoms with Crippen molar-refractivity contribution < 1.29 is 0 Å². The van der Waals surface area contributed by atoms with Crippen LogP contribution in [0.15, 0.2) is 22.7 Å². The van der Waals surface area contributed by atoms with Gasteiger partial charge in [0.2, 0.25) is 0 Å². The van der Waals surface area contributed by atoms with Gasteiger partial charge in [-0.3, -0.25) is 0 Å². The highest BCUT2D eigenvalue weighted by Gasteiger charge is 2.23. The molecular weight excluding hydrogens is 288 g/mol. The third-order valence-electron chi connectivity index (χ3n) is 3.66. The van der Waals surface area contributed by atoms with Gasteiger partial charge >= 0.3 is 0 Å². The lowest BCUT2D eigenvalue weighted by Gasteiger charge is -2.37. The molecule has 1 aliphatic rings. The molecule has 1 aromatic rings. The van der Waals surface area contributed by atoms with Gasteiger partial charge in [-0.05, 0) is 55.0 Å². The second-order valence-electron chi connectivity index (χ2n) is 5.66. The van der Waals surface area contributed by atoms with Crippen LogP contribution in [0.5, 0.6) is 0 Å². The highest BCUT2D eigenvalue weighted by molar-refractivity contribution is 9.10. The lowest BCUT2D eigenvalue weighted by molar-refractivity contribution is 0.356. The molecule has 100 valence electrons. The SMILES string of the molecule is CC1CC(C)CN(c2ccc(Br)cc2CCN)C1. The first kappa shape index (κ1) is 13.9. The highest BCUT2D eigenvalue weighted by Crippen LogP contribution is 2.30. The number of hydrogen-bond acceptors (Lipinski definition) is 2. The fourth-order valence-corrected chi connectivity index (χ4v) is 3.49. The van der Waals surface area contributed by atoms with E-state index < -0.39 is 0 Å². The summed E-state index contributed by atoms with van der Waals surface area (Å²) in [5.74, 6) is 1.56. The van der Waals surface area contributed by atoms with Crippen molar-refractivity contribution in [3.63, 3.8) is 0 Å². The normalized spacial score (nSPS) is 24.3. The molecule has 0 bridgehead atoms. The lowest BCUT2D eigenvalue weighted by Crippen LogP contribution is -2.39. The van der Waals surface area contributed by atoms with Crippen molar-refractivity contribution in [1.29, 1.82) is 0 Å². The predicted molar refractivity (Wildman–Crippen MR) is 82.1 cm³/mol. The van der Waals surface area contributed by atoms with Crippen LogP contribution in [0.1, 0.15) is 25.8 Å². The maximum absolute atomic E-state index is 5.73. The van der Waals surface area contributed by atoms with E-state index in [1.165, 1.54) is 30.8 Å². The van der Waals surface area contributed by atoms with Crippen LogP contribution in [-0.4, -0.2) is 19.6 Å². The first-order valence-electron chi connectivity index (χ1n) is 6.83. The molecular formula is C15H23BrN2. The molecule has 1 aromatic carbocycles. The monoisotopic (exact) mass is 310 g/mol. The van der Waals surface area contributed by atoms with Crippen LogP contribution in [-0.2, 0) is 6.42 Å². The summed E-state index contributed by atoms with van der Waals surface area (Å²) in [4.78, 5) is 2.54. The van der Waals surface area contributed by atoms with Gasteiger partial charge in [-0.1, -0.05) is 29.8 Å². The van der Waals surface area contributed by atoms with Gasteiger partial charge in [0.1, 0.15) is 0 Å². The number of hydrogen-bond donors (Lipinski definition) is 1. The van der Waals surface area contributed by atoms with E-state index in [0.717, 1.165) is 22.7 Å². The van der Waals surface area contributed by atoms with E-state index in [1.54, 1.807) is 0 Å². The predicted octanol–water partition coefficient (Wildman–Crippen LogP) is 3.43. The van der Waals surface area contributed by atoms with Crippen LogP contribution in [0.2, 0.25) is 0 Å². The van der Waals surface area contributed by atoms with Gasteiger partial charge in [0, 0.05) is 23.2 Å². The molecule has 0 amide bonds. The maximum Gasteiger partial charge on any atom is 0.0400 e. The van der Waals surface area contributed by atoms with Crippen molar-refractivity contribution in [2.24, 2.45) is 17.6 Å². The van der Waals surface area contributed by atoms with Crippen molar-refractivity contribution in [3.05, 3.63) is 28.2 Å². The molecule has 0 aliphatic carbocycles. The molecule has 0 radical (unpaired) electrons. The van der Waals surface area contributed by atoms with Crippen LogP contribution in [0.25, 0.3) is 0 Å². The smallest absolute Gasteiger partial charge is 0.0400 e. The Bertz CT molecular complexity index is 395. The fourth-order valence-electron chi connectivity index (χ4n) is 3.08. The summed E-state index contributed by atoms with van der Waals surface area (Å²) < 4.78 is 1.15. The minimum atomic E-state index is 0.711. The largest absolute Gasteiger partial charge is 0.371 e. The molecule has 0 saturated carbocycles. The van der Waals surface area contributed by atoms with Crippen molar-refractivity contribution in [3.8, 4) is 0 Å². The molecule has 18 heavy (non-hydrogen) atoms. The summed E-state index contributed by atoms with van der Waals surface area (Å²) >= 11 is 3.55. The summed E-state index contributed by atoms with van der Waals surface area (Å²) in [6, 6.07) is 6.59. The third kappa shape index (κ3) is 3.27. The number of rotatable bonds is 3. The first-order chi connectivity index (χ1) is 8.60. The van der Waals surface area contributed by atoms with Crippen LogP contribution in [0, 0.1) is 11.8 Å². The zero-order chi connectivity index (χ0) is 13.1. The Labute approximate surface area is 119 Å². The minimum absolute atomic E-state index is 0.711. The molecule has 1 aliphatic heterocycles. The van der Waals surface area contributed by atoms with E-state index >= 15 is 0 Å². The van der Waals surface area contributed by atoms with Crippen molar-refractivity contribution in [1.82, 2.24) is 0 Å². The molecule has 2 N–H and O–H groups in total. The average molecular weight is 311 g/mol. The van der Waals surface area contributed by atoms with E-state index in [9.17, 15) is 0 Å². The standard InChI is InChI=1S/C15H23BrN2/c1-11-7-12(2)10-18(9-11)15-4-3-14(16)8-13(15)5-6-17/h3-4,8,11-12H,5-7,9-10,17H2,1-2H3. The van der Waals surface area contributed by atoms with Crippen molar-refractivity contribution in [2.45, 2.75) is 26.7 Å². The molecule has 1 fully saturated rings. The van der Waals surface area contributed by atoms with Crippen LogP contribution < -0.4 is 10.6 Å². The molecule has 2 rings (SSSR count). The topological polar surface area (TPSA) is 29.3 Å². The van der Waals surface area contributed by atoms with Crippen LogP contribution in [0.4, 0.5) is 5.69 Å². The molecule has 1 heterocycles.